The first kappa shape index (κ1) is 14.5. The zero-order valence-electron chi connectivity index (χ0n) is 11.4. The van der Waals surface area contributed by atoms with Crippen LogP contribution in [0.2, 0.25) is 0 Å². The highest BCUT2D eigenvalue weighted by atomic mass is 16.5. The molecule has 110 valence electrons. The highest BCUT2D eigenvalue weighted by molar-refractivity contribution is 6.08. The average molecular weight is 282 g/mol. The van der Waals surface area contributed by atoms with Crippen molar-refractivity contribution in [1.29, 1.82) is 0 Å². The van der Waals surface area contributed by atoms with Gasteiger partial charge in [-0.2, -0.15) is 0 Å². The molecule has 1 N–H and O–H groups in total. The van der Waals surface area contributed by atoms with E-state index in [0.717, 1.165) is 4.90 Å². The van der Waals surface area contributed by atoms with Crippen molar-refractivity contribution in [2.75, 3.05) is 26.4 Å². The number of nitrogens with one attached hydrogen (secondary N) is 1. The van der Waals surface area contributed by atoms with Crippen LogP contribution in [0.5, 0.6) is 0 Å². The molecule has 20 heavy (non-hydrogen) atoms. The molecule has 0 atom stereocenters. The van der Waals surface area contributed by atoms with Crippen LogP contribution in [0.4, 0.5) is 4.79 Å². The molecule has 2 aliphatic heterocycles. The molecule has 7 heteroatoms. The first-order valence-corrected chi connectivity index (χ1v) is 6.57. The van der Waals surface area contributed by atoms with Gasteiger partial charge in [0.2, 0.25) is 0 Å². The van der Waals surface area contributed by atoms with E-state index in [0.29, 0.717) is 26.1 Å². The molecule has 0 bridgehead atoms. The van der Waals surface area contributed by atoms with Crippen molar-refractivity contribution in [3.8, 4) is 0 Å². The molecule has 0 unspecified atom stereocenters. The van der Waals surface area contributed by atoms with E-state index in [-0.39, 0.29) is 24.6 Å². The molecule has 7 nitrogen and oxygen atoms in total. The Morgan fingerprint density at radius 2 is 2.10 bits per heavy atom. The number of amides is 3. The fourth-order valence-electron chi connectivity index (χ4n) is 2.37. The Kier molecular flexibility index (Phi) is 4.08. The van der Waals surface area contributed by atoms with Gasteiger partial charge in [-0.15, -0.1) is 0 Å². The van der Waals surface area contributed by atoms with Crippen LogP contribution in [0, 0.1) is 0 Å². The van der Waals surface area contributed by atoms with Gasteiger partial charge in [-0.3, -0.25) is 9.69 Å². The van der Waals surface area contributed by atoms with Crippen LogP contribution in [-0.2, 0) is 19.1 Å². The third kappa shape index (κ3) is 2.53. The average Bonchev–Trinajstić information content (AvgIpc) is 2.64. The quantitative estimate of drug-likeness (QED) is 0.452. The maximum atomic E-state index is 12.4. The number of urea groups is 1. The van der Waals surface area contributed by atoms with Crippen LogP contribution in [0.1, 0.15) is 19.8 Å². The third-order valence-electron chi connectivity index (χ3n) is 3.51. The molecule has 2 fully saturated rings. The maximum Gasteiger partial charge on any atom is 0.335 e. The highest BCUT2D eigenvalue weighted by Crippen LogP contribution is 2.28. The van der Waals surface area contributed by atoms with Gasteiger partial charge < -0.3 is 14.8 Å². The lowest BCUT2D eigenvalue weighted by molar-refractivity contribution is -0.139. The van der Waals surface area contributed by atoms with Crippen molar-refractivity contribution in [3.63, 3.8) is 0 Å². The lowest BCUT2D eigenvalue weighted by atomic mass is 9.90. The van der Waals surface area contributed by atoms with Gasteiger partial charge in [0.05, 0.1) is 13.2 Å². The van der Waals surface area contributed by atoms with Gasteiger partial charge in [0.25, 0.3) is 5.91 Å². The zero-order chi connectivity index (χ0) is 14.8. The molecule has 2 rings (SSSR count). The molecule has 3 amide bonds. The molecule has 1 spiro atoms. The first-order valence-electron chi connectivity index (χ1n) is 6.57. The normalized spacial score (nSPS) is 20.9. The van der Waals surface area contributed by atoms with Crippen molar-refractivity contribution < 1.29 is 23.9 Å². The summed E-state index contributed by atoms with van der Waals surface area (Å²) in [5, 5.41) is 2.71. The van der Waals surface area contributed by atoms with Gasteiger partial charge in [-0.05, 0) is 6.92 Å². The zero-order valence-corrected chi connectivity index (χ0v) is 11.4. The van der Waals surface area contributed by atoms with Crippen molar-refractivity contribution in [1.82, 2.24) is 10.2 Å². The largest absolute Gasteiger partial charge is 0.463 e. The lowest BCUT2D eigenvalue weighted by Crippen LogP contribution is -2.51. The summed E-state index contributed by atoms with van der Waals surface area (Å²) in [4.78, 5) is 36.9. The molecule has 0 aromatic heterocycles. The van der Waals surface area contributed by atoms with Crippen LogP contribution in [0.25, 0.3) is 0 Å². The molecule has 0 aromatic rings. The Hall–Kier alpha value is -1.89. The monoisotopic (exact) mass is 282 g/mol. The van der Waals surface area contributed by atoms with E-state index >= 15 is 0 Å². The molecule has 0 aromatic carbocycles. The van der Waals surface area contributed by atoms with Gasteiger partial charge >= 0.3 is 12.0 Å². The predicted molar refractivity (Wildman–Crippen MR) is 68.8 cm³/mol. The summed E-state index contributed by atoms with van der Waals surface area (Å²) in [6.45, 7) is 6.18. The Morgan fingerprint density at radius 1 is 1.45 bits per heavy atom. The van der Waals surface area contributed by atoms with Crippen LogP contribution < -0.4 is 5.32 Å². The summed E-state index contributed by atoms with van der Waals surface area (Å²) in [5.74, 6) is -0.919. The summed E-state index contributed by atoms with van der Waals surface area (Å²) < 4.78 is 10.0. The summed E-state index contributed by atoms with van der Waals surface area (Å²) in [6, 6.07) is -0.498. The SMILES string of the molecule is C=C(CN1C(=O)NC2(CCOCC2)C1=O)C(=O)OCC. The number of hydrogen-bond donors (Lipinski definition) is 1. The number of rotatable bonds is 4. The van der Waals surface area contributed by atoms with Crippen LogP contribution in [0.15, 0.2) is 12.2 Å². The molecule has 2 saturated heterocycles. The highest BCUT2D eigenvalue weighted by Gasteiger charge is 2.51. The summed E-state index contributed by atoms with van der Waals surface area (Å²) in [6.07, 6.45) is 0.889. The Balaban J connectivity index is 2.06. The second-order valence-corrected chi connectivity index (χ2v) is 4.84. The summed E-state index contributed by atoms with van der Waals surface area (Å²) >= 11 is 0. The van der Waals surface area contributed by atoms with Crippen molar-refractivity contribution in [3.05, 3.63) is 12.2 Å². The first-order chi connectivity index (χ1) is 9.50. The van der Waals surface area contributed by atoms with E-state index in [1.54, 1.807) is 6.92 Å². The second-order valence-electron chi connectivity index (χ2n) is 4.84. The number of carbonyl (C=O) groups excluding carboxylic acids is 3. The molecular weight excluding hydrogens is 264 g/mol. The fraction of sp³-hybridized carbons (Fsp3) is 0.615. The Bertz CT molecular complexity index is 454. The van der Waals surface area contributed by atoms with E-state index in [9.17, 15) is 14.4 Å². The molecule has 2 heterocycles. The van der Waals surface area contributed by atoms with Gasteiger partial charge in [0.15, 0.2) is 0 Å². The van der Waals surface area contributed by atoms with E-state index in [1.807, 2.05) is 0 Å². The number of hydrogen-bond acceptors (Lipinski definition) is 5. The van der Waals surface area contributed by atoms with Gasteiger partial charge in [-0.1, -0.05) is 6.58 Å². The van der Waals surface area contributed by atoms with Crippen LogP contribution >= 0.6 is 0 Å². The summed E-state index contributed by atoms with van der Waals surface area (Å²) in [5.41, 5.74) is -0.802. The van der Waals surface area contributed by atoms with E-state index in [4.69, 9.17) is 9.47 Å². The maximum absolute atomic E-state index is 12.4. The molecular formula is C13H18N2O5. The number of carbonyl (C=O) groups is 3. The smallest absolute Gasteiger partial charge is 0.335 e. The molecule has 0 aliphatic carbocycles. The Labute approximate surface area is 116 Å². The van der Waals surface area contributed by atoms with Crippen LogP contribution in [-0.4, -0.2) is 54.7 Å². The number of esters is 1. The predicted octanol–water partition coefficient (Wildman–Crippen LogP) is 0.207. The molecule has 0 radical (unpaired) electrons. The van der Waals surface area contributed by atoms with E-state index in [2.05, 4.69) is 11.9 Å². The minimum Gasteiger partial charge on any atom is -0.463 e. The van der Waals surface area contributed by atoms with Gasteiger partial charge in [0.1, 0.15) is 5.54 Å². The standard InChI is InChI=1S/C13H18N2O5/c1-3-20-10(16)9(2)8-15-11(17)13(14-12(15)18)4-6-19-7-5-13/h2-8H2,1H3,(H,14,18). The minimum atomic E-state index is -0.885. The van der Waals surface area contributed by atoms with Crippen LogP contribution in [0.3, 0.4) is 0 Å². The molecule has 0 saturated carbocycles. The van der Waals surface area contributed by atoms with Gasteiger partial charge in [-0.25, -0.2) is 9.59 Å². The minimum absolute atomic E-state index is 0.0828. The summed E-state index contributed by atoms with van der Waals surface area (Å²) in [7, 11) is 0. The van der Waals surface area contributed by atoms with E-state index in [1.165, 1.54) is 0 Å². The number of nitrogens with zero attached hydrogens (tertiary/aromatic N) is 1. The number of ether oxygens (including phenoxy) is 2. The van der Waals surface area contributed by atoms with Crippen molar-refractivity contribution in [2.24, 2.45) is 0 Å². The van der Waals surface area contributed by atoms with E-state index < -0.39 is 17.5 Å². The van der Waals surface area contributed by atoms with Gasteiger partial charge in [0, 0.05) is 31.6 Å². The van der Waals surface area contributed by atoms with Crippen molar-refractivity contribution in [2.45, 2.75) is 25.3 Å². The third-order valence-corrected chi connectivity index (χ3v) is 3.51. The second kappa shape index (κ2) is 5.62. The van der Waals surface area contributed by atoms with Crippen molar-refractivity contribution >= 4 is 17.9 Å². The molecule has 2 aliphatic rings. The topological polar surface area (TPSA) is 84.9 Å². The number of imide groups is 1. The fourth-order valence-corrected chi connectivity index (χ4v) is 2.37. The Morgan fingerprint density at radius 3 is 2.70 bits per heavy atom. The lowest BCUT2D eigenvalue weighted by Gasteiger charge is -2.30.